The van der Waals surface area contributed by atoms with Gasteiger partial charge in [-0.3, -0.25) is 0 Å². The van der Waals surface area contributed by atoms with Crippen LogP contribution in [0.3, 0.4) is 0 Å². The summed E-state index contributed by atoms with van der Waals surface area (Å²) in [6.45, 7) is 0.753. The molecule has 0 aromatic heterocycles. The van der Waals surface area contributed by atoms with Crippen molar-refractivity contribution in [3.05, 3.63) is 0 Å². The summed E-state index contributed by atoms with van der Waals surface area (Å²) in [5, 5.41) is 36.4. The zero-order chi connectivity index (χ0) is 14.6. The van der Waals surface area contributed by atoms with Crippen molar-refractivity contribution in [2.45, 2.75) is 31.3 Å². The lowest BCUT2D eigenvalue weighted by molar-refractivity contribution is -0.945. The van der Waals surface area contributed by atoms with E-state index in [-0.39, 0.29) is 30.5 Å². The monoisotopic (exact) mass is 264 g/mol. The van der Waals surface area contributed by atoms with E-state index in [2.05, 4.69) is 0 Å². The molecule has 0 aliphatic rings. The molecule has 0 unspecified atom stereocenters. The molecule has 0 aromatic rings. The first kappa shape index (κ1) is 16.8. The van der Waals surface area contributed by atoms with Crippen molar-refractivity contribution in [2.75, 3.05) is 27.3 Å². The van der Waals surface area contributed by atoms with Crippen molar-refractivity contribution in [1.82, 2.24) is 0 Å². The Labute approximate surface area is 106 Å². The summed E-state index contributed by atoms with van der Waals surface area (Å²) in [6, 6.07) is -0.461. The highest BCUT2D eigenvalue weighted by molar-refractivity contribution is 6.01. The van der Waals surface area contributed by atoms with Gasteiger partial charge in [-0.15, -0.1) is 0 Å². The predicted octanol–water partition coefficient (Wildman–Crippen LogP) is -0.876. The van der Waals surface area contributed by atoms with Crippen LogP contribution in [-0.2, 0) is 9.59 Å². The number of nitrogens with zero attached hydrogens (tertiary/aromatic N) is 1. The van der Waals surface area contributed by atoms with Gasteiger partial charge in [0.2, 0.25) is 0 Å². The van der Waals surface area contributed by atoms with E-state index in [9.17, 15) is 19.8 Å². The number of hydrogen-bond acceptors (Lipinski definition) is 4. The van der Waals surface area contributed by atoms with Gasteiger partial charge in [-0.2, -0.15) is 0 Å². The summed E-state index contributed by atoms with van der Waals surface area (Å²) in [6.07, 6.45) is 0.452. The molecule has 0 radical (unpaired) electrons. The maximum atomic E-state index is 11.3. The Morgan fingerprint density at radius 1 is 1.06 bits per heavy atom. The van der Waals surface area contributed by atoms with Crippen LogP contribution >= 0.6 is 0 Å². The topological polar surface area (TPSA) is 115 Å². The summed E-state index contributed by atoms with van der Waals surface area (Å²) < 4.78 is -0.348. The van der Waals surface area contributed by atoms with Crippen LogP contribution < -0.4 is 0 Å². The molecule has 0 spiro atoms. The second-order valence-electron chi connectivity index (χ2n) is 4.90. The highest BCUT2D eigenvalue weighted by Crippen LogP contribution is 2.28. The van der Waals surface area contributed by atoms with Crippen LogP contribution in [-0.4, -0.2) is 75.7 Å². The summed E-state index contributed by atoms with van der Waals surface area (Å²) in [4.78, 5) is 22.6. The molecule has 0 saturated carbocycles. The molecule has 18 heavy (non-hydrogen) atoms. The molecule has 0 rings (SSSR count). The molecule has 4 N–H and O–H groups in total. The Kier molecular flexibility index (Phi) is 5.72. The van der Waals surface area contributed by atoms with E-state index in [1.807, 2.05) is 0 Å². The molecule has 0 fully saturated rings. The lowest BCUT2D eigenvalue weighted by atomic mass is 9.92. The van der Waals surface area contributed by atoms with Crippen LogP contribution in [0.1, 0.15) is 19.8 Å². The third-order valence-electron chi connectivity index (χ3n) is 3.82. The molecular weight excluding hydrogens is 242 g/mol. The molecule has 106 valence electrons. The van der Waals surface area contributed by atoms with Gasteiger partial charge in [-0.05, 0) is 0 Å². The van der Waals surface area contributed by atoms with Gasteiger partial charge in [0, 0.05) is 33.0 Å². The van der Waals surface area contributed by atoms with Crippen LogP contribution in [0, 0.1) is 0 Å². The lowest BCUT2D eigenvalue weighted by Crippen LogP contribution is -2.70. The van der Waals surface area contributed by atoms with E-state index >= 15 is 0 Å². The number of aliphatic hydroxyl groups is 2. The zero-order valence-corrected chi connectivity index (χ0v) is 11.0. The summed E-state index contributed by atoms with van der Waals surface area (Å²) in [7, 11) is 2.97. The van der Waals surface area contributed by atoms with Crippen molar-refractivity contribution >= 4 is 11.9 Å². The maximum absolute atomic E-state index is 11.3. The Balaban J connectivity index is 5.51. The molecule has 0 atom stereocenters. The van der Waals surface area contributed by atoms with E-state index in [0.717, 1.165) is 6.92 Å². The van der Waals surface area contributed by atoms with Gasteiger partial charge >= 0.3 is 11.9 Å². The molecule has 0 bridgehead atoms. The molecule has 7 heteroatoms. The van der Waals surface area contributed by atoms with Crippen LogP contribution in [0.15, 0.2) is 0 Å². The number of rotatable bonds is 8. The third-order valence-corrected chi connectivity index (χ3v) is 3.82. The van der Waals surface area contributed by atoms with Crippen LogP contribution in [0.25, 0.3) is 0 Å². The number of aliphatic hydroxyl groups excluding tert-OH is 2. The quantitative estimate of drug-likeness (QED) is 0.334. The number of carboxylic acid groups (broad SMARTS) is 2. The Morgan fingerprint density at radius 3 is 1.61 bits per heavy atom. The van der Waals surface area contributed by atoms with E-state index in [1.54, 1.807) is 0 Å². The first-order valence-corrected chi connectivity index (χ1v) is 5.68. The standard InChI is InChI=1S/C11H21NO6/c1-11(9(15)16,10(17)18)12(2,3)8(4-6-13)5-7-14/h8,13-14H,4-7H2,1-3H3,(H-,15,16,17,18)/p+1. The number of likely N-dealkylation sites (N-methyl/N-ethyl adjacent to an activating group) is 1. The van der Waals surface area contributed by atoms with Gasteiger partial charge in [0.1, 0.15) is 0 Å². The minimum absolute atomic E-state index is 0.193. The first-order chi connectivity index (χ1) is 8.16. The fourth-order valence-corrected chi connectivity index (χ4v) is 2.04. The SMILES string of the molecule is CC(C(=O)O)(C(=O)O)[N+](C)(C)C(CCO)CCO. The van der Waals surface area contributed by atoms with Crippen LogP contribution in [0.4, 0.5) is 0 Å². The van der Waals surface area contributed by atoms with Gasteiger partial charge in [-0.1, -0.05) is 0 Å². The van der Waals surface area contributed by atoms with Crippen LogP contribution in [0.2, 0.25) is 0 Å². The minimum Gasteiger partial charge on any atom is -0.476 e. The first-order valence-electron chi connectivity index (χ1n) is 5.68. The predicted molar refractivity (Wildman–Crippen MR) is 63.0 cm³/mol. The van der Waals surface area contributed by atoms with E-state index in [1.165, 1.54) is 14.1 Å². The largest absolute Gasteiger partial charge is 0.476 e. The van der Waals surface area contributed by atoms with Crippen molar-refractivity contribution in [3.63, 3.8) is 0 Å². The Bertz CT molecular complexity index is 295. The minimum atomic E-state index is -2.03. The average molecular weight is 264 g/mol. The van der Waals surface area contributed by atoms with Gasteiger partial charge < -0.3 is 24.9 Å². The fourth-order valence-electron chi connectivity index (χ4n) is 2.04. The van der Waals surface area contributed by atoms with Crippen molar-refractivity contribution in [1.29, 1.82) is 0 Å². The fraction of sp³-hybridized carbons (Fsp3) is 0.818. The third kappa shape index (κ3) is 2.80. The molecule has 0 heterocycles. The zero-order valence-electron chi connectivity index (χ0n) is 11.0. The number of hydrogen-bond donors (Lipinski definition) is 4. The number of aliphatic carboxylic acids is 2. The van der Waals surface area contributed by atoms with Crippen LogP contribution in [0.5, 0.6) is 0 Å². The smallest absolute Gasteiger partial charge is 0.377 e. The highest BCUT2D eigenvalue weighted by atomic mass is 16.4. The highest BCUT2D eigenvalue weighted by Gasteiger charge is 2.58. The van der Waals surface area contributed by atoms with E-state index in [4.69, 9.17) is 10.2 Å². The van der Waals surface area contributed by atoms with Crippen molar-refractivity contribution in [3.8, 4) is 0 Å². The molecule has 7 nitrogen and oxygen atoms in total. The second-order valence-corrected chi connectivity index (χ2v) is 4.90. The Morgan fingerprint density at radius 2 is 1.39 bits per heavy atom. The molecule has 0 amide bonds. The van der Waals surface area contributed by atoms with Crippen molar-refractivity contribution < 1.29 is 34.5 Å². The number of carboxylic acids is 2. The second kappa shape index (κ2) is 6.12. The molecular formula is C11H22NO6+. The maximum Gasteiger partial charge on any atom is 0.377 e. The molecule has 0 aromatic carbocycles. The molecule has 0 aliphatic heterocycles. The van der Waals surface area contributed by atoms with Gasteiger partial charge in [0.05, 0.1) is 20.1 Å². The summed E-state index contributed by atoms with van der Waals surface area (Å²) in [5.41, 5.74) is -2.03. The number of quaternary nitrogens is 1. The normalized spacial score (nSPS) is 12.8. The number of carbonyl (C=O) groups is 2. The lowest BCUT2D eigenvalue weighted by Gasteiger charge is -2.46. The van der Waals surface area contributed by atoms with Gasteiger partial charge in [0.15, 0.2) is 0 Å². The average Bonchev–Trinajstić information content (AvgIpc) is 2.26. The van der Waals surface area contributed by atoms with Gasteiger partial charge in [-0.25, -0.2) is 9.59 Å². The summed E-state index contributed by atoms with van der Waals surface area (Å²) >= 11 is 0. The van der Waals surface area contributed by atoms with E-state index in [0.29, 0.717) is 0 Å². The molecule has 0 aliphatic carbocycles. The van der Waals surface area contributed by atoms with Crippen molar-refractivity contribution in [2.24, 2.45) is 0 Å². The molecule has 0 saturated heterocycles. The van der Waals surface area contributed by atoms with Gasteiger partial charge in [0.25, 0.3) is 5.54 Å². The van der Waals surface area contributed by atoms with E-state index < -0.39 is 23.5 Å². The Hall–Kier alpha value is -1.18. The summed E-state index contributed by atoms with van der Waals surface area (Å²) in [5.74, 6) is -2.89.